The normalized spacial score (nSPS) is 12.6. The van der Waals surface area contributed by atoms with Gasteiger partial charge in [0.25, 0.3) is 0 Å². The Bertz CT molecular complexity index is 565. The molecule has 3 nitrogen and oxygen atoms in total. The number of aliphatic hydroxyl groups excluding tert-OH is 1. The number of benzene rings is 1. The Morgan fingerprint density at radius 2 is 2.05 bits per heavy atom. The Hall–Kier alpha value is -1.49. The Labute approximate surface area is 123 Å². The van der Waals surface area contributed by atoms with Gasteiger partial charge in [-0.2, -0.15) is 0 Å². The highest BCUT2D eigenvalue weighted by molar-refractivity contribution is 7.12. The van der Waals surface area contributed by atoms with Crippen LogP contribution in [0.3, 0.4) is 0 Å². The van der Waals surface area contributed by atoms with Gasteiger partial charge in [0.1, 0.15) is 0 Å². The Kier molecular flexibility index (Phi) is 5.06. The third-order valence-corrected chi connectivity index (χ3v) is 4.20. The van der Waals surface area contributed by atoms with Crippen molar-refractivity contribution in [1.82, 2.24) is 4.90 Å². The molecule has 0 fully saturated rings. The summed E-state index contributed by atoms with van der Waals surface area (Å²) in [5, 5.41) is 12.2. The first-order valence-corrected chi connectivity index (χ1v) is 7.44. The van der Waals surface area contributed by atoms with Gasteiger partial charge in [-0.3, -0.25) is 9.69 Å². The highest BCUT2D eigenvalue weighted by atomic mass is 32.1. The molecule has 0 spiro atoms. The maximum atomic E-state index is 11.3. The van der Waals surface area contributed by atoms with Crippen LogP contribution in [0.4, 0.5) is 0 Å². The van der Waals surface area contributed by atoms with Gasteiger partial charge in [-0.15, -0.1) is 11.3 Å². The molecule has 0 aliphatic heterocycles. The highest BCUT2D eigenvalue weighted by Gasteiger charge is 2.12. The zero-order valence-electron chi connectivity index (χ0n) is 11.7. The number of carbonyl (C=O) groups is 1. The number of likely N-dealkylation sites (N-methyl/N-ethyl adjacent to an activating group) is 1. The Morgan fingerprint density at radius 3 is 2.65 bits per heavy atom. The summed E-state index contributed by atoms with van der Waals surface area (Å²) < 4.78 is 0. The average molecular weight is 289 g/mol. The molecule has 2 aromatic rings. The topological polar surface area (TPSA) is 40.5 Å². The van der Waals surface area contributed by atoms with E-state index < -0.39 is 6.10 Å². The van der Waals surface area contributed by atoms with Crippen LogP contribution < -0.4 is 0 Å². The van der Waals surface area contributed by atoms with E-state index in [2.05, 4.69) is 4.90 Å². The lowest BCUT2D eigenvalue weighted by atomic mass is 10.1. The zero-order chi connectivity index (χ0) is 14.5. The largest absolute Gasteiger partial charge is 0.387 e. The van der Waals surface area contributed by atoms with E-state index in [1.165, 1.54) is 11.3 Å². The van der Waals surface area contributed by atoms with Crippen molar-refractivity contribution in [2.24, 2.45) is 0 Å². The van der Waals surface area contributed by atoms with Gasteiger partial charge in [0.15, 0.2) is 5.78 Å². The van der Waals surface area contributed by atoms with Crippen molar-refractivity contribution in [3.05, 3.63) is 57.8 Å². The van der Waals surface area contributed by atoms with Gasteiger partial charge in [-0.1, -0.05) is 30.3 Å². The number of rotatable bonds is 6. The molecule has 1 N–H and O–H groups in total. The van der Waals surface area contributed by atoms with E-state index in [9.17, 15) is 9.90 Å². The van der Waals surface area contributed by atoms with Gasteiger partial charge in [0.2, 0.25) is 0 Å². The summed E-state index contributed by atoms with van der Waals surface area (Å²) in [6.45, 7) is 2.88. The highest BCUT2D eigenvalue weighted by Crippen LogP contribution is 2.18. The minimum absolute atomic E-state index is 0.105. The number of hydrogen-bond donors (Lipinski definition) is 1. The van der Waals surface area contributed by atoms with Crippen LogP contribution in [0.2, 0.25) is 0 Å². The lowest BCUT2D eigenvalue weighted by Gasteiger charge is -2.20. The molecule has 0 bridgehead atoms. The van der Waals surface area contributed by atoms with Crippen molar-refractivity contribution in [3.8, 4) is 0 Å². The first-order valence-electron chi connectivity index (χ1n) is 6.56. The molecule has 4 heteroatoms. The number of aliphatic hydroxyl groups is 1. The first kappa shape index (κ1) is 14.9. The van der Waals surface area contributed by atoms with Crippen LogP contribution in [0.1, 0.15) is 33.8 Å². The van der Waals surface area contributed by atoms with E-state index in [4.69, 9.17) is 0 Å². The van der Waals surface area contributed by atoms with Crippen molar-refractivity contribution in [2.75, 3.05) is 13.6 Å². The van der Waals surface area contributed by atoms with E-state index in [-0.39, 0.29) is 5.78 Å². The molecule has 1 heterocycles. The monoisotopic (exact) mass is 289 g/mol. The second-order valence-electron chi connectivity index (χ2n) is 5.00. The summed E-state index contributed by atoms with van der Waals surface area (Å²) in [6.07, 6.45) is -0.493. The minimum atomic E-state index is -0.493. The van der Waals surface area contributed by atoms with E-state index in [0.717, 1.165) is 22.5 Å². The maximum absolute atomic E-state index is 11.3. The quantitative estimate of drug-likeness (QED) is 0.831. The summed E-state index contributed by atoms with van der Waals surface area (Å²) in [7, 11) is 1.97. The first-order chi connectivity index (χ1) is 9.56. The number of carbonyl (C=O) groups excluding carboxylic acids is 1. The van der Waals surface area contributed by atoms with Gasteiger partial charge in [0.05, 0.1) is 11.0 Å². The SMILES string of the molecule is CC(=O)c1cc(CN(C)CC(O)c2ccccc2)cs1. The molecular formula is C16H19NO2S. The lowest BCUT2D eigenvalue weighted by Crippen LogP contribution is -2.24. The number of thiophene rings is 1. The van der Waals surface area contributed by atoms with Crippen molar-refractivity contribution < 1.29 is 9.90 Å². The fourth-order valence-corrected chi connectivity index (χ4v) is 2.90. The number of hydrogen-bond acceptors (Lipinski definition) is 4. The zero-order valence-corrected chi connectivity index (χ0v) is 12.6. The van der Waals surface area contributed by atoms with Gasteiger partial charge < -0.3 is 5.11 Å². The fourth-order valence-electron chi connectivity index (χ4n) is 2.10. The molecule has 2 rings (SSSR count). The van der Waals surface area contributed by atoms with Crippen molar-refractivity contribution in [2.45, 2.75) is 19.6 Å². The molecule has 0 aliphatic carbocycles. The molecule has 20 heavy (non-hydrogen) atoms. The molecule has 0 radical (unpaired) electrons. The van der Waals surface area contributed by atoms with E-state index in [1.807, 2.05) is 48.8 Å². The van der Waals surface area contributed by atoms with Crippen LogP contribution >= 0.6 is 11.3 Å². The molecule has 0 saturated carbocycles. The standard InChI is InChI=1S/C16H19NO2S/c1-12(18)16-8-13(11-20-16)9-17(2)10-15(19)14-6-4-3-5-7-14/h3-8,11,15,19H,9-10H2,1-2H3. The van der Waals surface area contributed by atoms with Crippen LogP contribution in [0.5, 0.6) is 0 Å². The lowest BCUT2D eigenvalue weighted by molar-refractivity contribution is 0.102. The number of ketones is 1. The second kappa shape index (κ2) is 6.79. The van der Waals surface area contributed by atoms with Crippen LogP contribution in [-0.2, 0) is 6.54 Å². The smallest absolute Gasteiger partial charge is 0.169 e. The van der Waals surface area contributed by atoms with Gasteiger partial charge in [-0.25, -0.2) is 0 Å². The Morgan fingerprint density at radius 1 is 1.35 bits per heavy atom. The summed E-state index contributed by atoms with van der Waals surface area (Å²) in [5.41, 5.74) is 2.04. The van der Waals surface area contributed by atoms with Gasteiger partial charge in [0, 0.05) is 13.1 Å². The van der Waals surface area contributed by atoms with Crippen molar-refractivity contribution in [3.63, 3.8) is 0 Å². The Balaban J connectivity index is 1.91. The summed E-state index contributed by atoms with van der Waals surface area (Å²) in [4.78, 5) is 14.1. The second-order valence-corrected chi connectivity index (χ2v) is 5.91. The number of nitrogens with zero attached hydrogens (tertiary/aromatic N) is 1. The molecule has 0 amide bonds. The van der Waals surface area contributed by atoms with Crippen LogP contribution in [0.15, 0.2) is 41.8 Å². The predicted octanol–water partition coefficient (Wildman–Crippen LogP) is 3.12. The van der Waals surface area contributed by atoms with E-state index >= 15 is 0 Å². The van der Waals surface area contributed by atoms with Crippen molar-refractivity contribution in [1.29, 1.82) is 0 Å². The van der Waals surface area contributed by atoms with Gasteiger partial charge >= 0.3 is 0 Å². The molecule has 1 atom stereocenters. The van der Waals surface area contributed by atoms with Crippen LogP contribution in [0.25, 0.3) is 0 Å². The summed E-state index contributed by atoms with van der Waals surface area (Å²) in [6, 6.07) is 11.6. The summed E-state index contributed by atoms with van der Waals surface area (Å²) in [5.74, 6) is 0.105. The van der Waals surface area contributed by atoms with Crippen LogP contribution in [0, 0.1) is 0 Å². The fraction of sp³-hybridized carbons (Fsp3) is 0.312. The molecule has 1 aromatic carbocycles. The van der Waals surface area contributed by atoms with E-state index in [0.29, 0.717) is 6.54 Å². The predicted molar refractivity (Wildman–Crippen MR) is 82.1 cm³/mol. The van der Waals surface area contributed by atoms with Crippen LogP contribution in [-0.4, -0.2) is 29.4 Å². The minimum Gasteiger partial charge on any atom is -0.387 e. The molecule has 0 saturated heterocycles. The molecular weight excluding hydrogens is 270 g/mol. The van der Waals surface area contributed by atoms with E-state index in [1.54, 1.807) is 6.92 Å². The molecule has 106 valence electrons. The average Bonchev–Trinajstić information content (AvgIpc) is 2.88. The molecule has 0 aliphatic rings. The third kappa shape index (κ3) is 4.00. The molecule has 1 aromatic heterocycles. The molecule has 1 unspecified atom stereocenters. The number of Topliss-reactive ketones (excluding diaryl/α,β-unsaturated/α-hetero) is 1. The summed E-state index contributed by atoms with van der Waals surface area (Å²) >= 11 is 1.48. The van der Waals surface area contributed by atoms with Crippen molar-refractivity contribution >= 4 is 17.1 Å². The van der Waals surface area contributed by atoms with Gasteiger partial charge in [-0.05, 0) is 36.5 Å². The third-order valence-electron chi connectivity index (χ3n) is 3.12. The maximum Gasteiger partial charge on any atom is 0.169 e.